The van der Waals surface area contributed by atoms with Crippen molar-refractivity contribution in [1.82, 2.24) is 10.7 Å². The zero-order chi connectivity index (χ0) is 22.9. The van der Waals surface area contributed by atoms with Gasteiger partial charge in [-0.1, -0.05) is 66.2 Å². The van der Waals surface area contributed by atoms with Gasteiger partial charge in [0.15, 0.2) is 0 Å². The minimum atomic E-state index is -0.599. The molecule has 0 heterocycles. The summed E-state index contributed by atoms with van der Waals surface area (Å²) in [6.07, 6.45) is 1.22. The normalized spacial score (nSPS) is 11.7. The standard InChI is InChI=1S/C23H19ClN4O4/c24-19-12-11-16(13-21(19)28(31)32)15-25-27-22(29)14-20(17-7-3-1-4-8-17)26-23(30)18-9-5-2-6-10-18/h1-13,15,20H,14H2,(H,26,30)(H,27,29)/b25-15-/t20-/m1/s1. The smallest absolute Gasteiger partial charge is 0.288 e. The molecule has 3 aromatic rings. The van der Waals surface area contributed by atoms with Crippen molar-refractivity contribution in [2.45, 2.75) is 12.5 Å². The van der Waals surface area contributed by atoms with Gasteiger partial charge in [-0.25, -0.2) is 5.43 Å². The fourth-order valence-electron chi connectivity index (χ4n) is 2.93. The fourth-order valence-corrected chi connectivity index (χ4v) is 3.11. The van der Waals surface area contributed by atoms with Gasteiger partial charge in [-0.3, -0.25) is 19.7 Å². The van der Waals surface area contributed by atoms with Crippen LogP contribution in [0, 0.1) is 10.1 Å². The molecular weight excluding hydrogens is 432 g/mol. The van der Waals surface area contributed by atoms with Gasteiger partial charge in [0, 0.05) is 17.2 Å². The van der Waals surface area contributed by atoms with E-state index in [-0.39, 0.29) is 23.0 Å². The number of nitro benzene ring substituents is 1. The average molecular weight is 451 g/mol. The molecule has 0 fully saturated rings. The van der Waals surface area contributed by atoms with Crippen molar-refractivity contribution in [2.24, 2.45) is 5.10 Å². The van der Waals surface area contributed by atoms with Crippen molar-refractivity contribution < 1.29 is 14.5 Å². The summed E-state index contributed by atoms with van der Waals surface area (Å²) in [7, 11) is 0. The van der Waals surface area contributed by atoms with Crippen molar-refractivity contribution in [3.8, 4) is 0 Å². The maximum atomic E-state index is 12.6. The summed E-state index contributed by atoms with van der Waals surface area (Å²) in [5, 5.41) is 17.7. The first-order chi connectivity index (χ1) is 15.4. The summed E-state index contributed by atoms with van der Waals surface area (Å²) in [5.74, 6) is -0.740. The van der Waals surface area contributed by atoms with E-state index in [1.54, 1.807) is 24.3 Å². The van der Waals surface area contributed by atoms with Crippen LogP contribution in [0.3, 0.4) is 0 Å². The predicted octanol–water partition coefficient (Wildman–Crippen LogP) is 4.26. The minimum absolute atomic E-state index is 0.0102. The SMILES string of the molecule is O=C(C[C@@H](NC(=O)c1ccccc1)c1ccccc1)N/N=C\c1ccc(Cl)c([N+](=O)[O-])c1. The first kappa shape index (κ1) is 22.6. The quantitative estimate of drug-likeness (QED) is 0.303. The van der Waals surface area contributed by atoms with Gasteiger partial charge in [-0.15, -0.1) is 0 Å². The summed E-state index contributed by atoms with van der Waals surface area (Å²) in [6.45, 7) is 0. The van der Waals surface area contributed by atoms with Crippen molar-refractivity contribution in [3.63, 3.8) is 0 Å². The van der Waals surface area contributed by atoms with Gasteiger partial charge in [0.05, 0.1) is 23.6 Å². The molecule has 0 bridgehead atoms. The summed E-state index contributed by atoms with van der Waals surface area (Å²) < 4.78 is 0. The number of carbonyl (C=O) groups is 2. The molecule has 2 N–H and O–H groups in total. The number of halogens is 1. The summed E-state index contributed by atoms with van der Waals surface area (Å²) in [4.78, 5) is 35.4. The molecule has 0 unspecified atom stereocenters. The molecular formula is C23H19ClN4O4. The van der Waals surface area contributed by atoms with Gasteiger partial charge in [-0.2, -0.15) is 5.10 Å². The van der Waals surface area contributed by atoms with Gasteiger partial charge in [0.25, 0.3) is 11.6 Å². The van der Waals surface area contributed by atoms with Crippen LogP contribution in [0.1, 0.15) is 33.9 Å². The molecule has 32 heavy (non-hydrogen) atoms. The molecule has 1 atom stereocenters. The van der Waals surface area contributed by atoms with E-state index >= 15 is 0 Å². The molecule has 0 saturated carbocycles. The summed E-state index contributed by atoms with van der Waals surface area (Å²) in [5.41, 5.74) is 3.78. The Bertz CT molecular complexity index is 1140. The summed E-state index contributed by atoms with van der Waals surface area (Å²) in [6, 6.07) is 21.4. The second kappa shape index (κ2) is 10.8. The maximum absolute atomic E-state index is 12.6. The minimum Gasteiger partial charge on any atom is -0.345 e. The lowest BCUT2D eigenvalue weighted by Gasteiger charge is -2.18. The largest absolute Gasteiger partial charge is 0.345 e. The van der Waals surface area contributed by atoms with E-state index in [9.17, 15) is 19.7 Å². The maximum Gasteiger partial charge on any atom is 0.288 e. The van der Waals surface area contributed by atoms with Gasteiger partial charge in [0.2, 0.25) is 5.91 Å². The lowest BCUT2D eigenvalue weighted by Crippen LogP contribution is -2.32. The predicted molar refractivity (Wildman–Crippen MR) is 122 cm³/mol. The third-order valence-electron chi connectivity index (χ3n) is 4.50. The number of hydrazone groups is 1. The van der Waals surface area contributed by atoms with E-state index in [1.807, 2.05) is 36.4 Å². The third-order valence-corrected chi connectivity index (χ3v) is 4.82. The van der Waals surface area contributed by atoms with Crippen LogP contribution >= 0.6 is 11.6 Å². The van der Waals surface area contributed by atoms with E-state index in [0.29, 0.717) is 11.1 Å². The van der Waals surface area contributed by atoms with Crippen molar-refractivity contribution in [1.29, 1.82) is 0 Å². The molecule has 9 heteroatoms. The Hall–Kier alpha value is -4.04. The number of benzene rings is 3. The lowest BCUT2D eigenvalue weighted by molar-refractivity contribution is -0.384. The summed E-state index contributed by atoms with van der Waals surface area (Å²) >= 11 is 5.79. The van der Waals surface area contributed by atoms with Crippen LogP contribution in [0.15, 0.2) is 84.0 Å². The highest BCUT2D eigenvalue weighted by Gasteiger charge is 2.19. The van der Waals surface area contributed by atoms with Crippen molar-refractivity contribution >= 4 is 35.3 Å². The van der Waals surface area contributed by atoms with Crippen LogP contribution < -0.4 is 10.7 Å². The van der Waals surface area contributed by atoms with E-state index in [4.69, 9.17) is 11.6 Å². The third kappa shape index (κ3) is 6.23. The van der Waals surface area contributed by atoms with Gasteiger partial charge in [0.1, 0.15) is 5.02 Å². The Morgan fingerprint density at radius 1 is 1.03 bits per heavy atom. The highest BCUT2D eigenvalue weighted by Crippen LogP contribution is 2.24. The second-order valence-electron chi connectivity index (χ2n) is 6.77. The average Bonchev–Trinajstić information content (AvgIpc) is 2.80. The topological polar surface area (TPSA) is 114 Å². The molecule has 0 aromatic heterocycles. The Morgan fingerprint density at radius 2 is 1.69 bits per heavy atom. The molecule has 2 amide bonds. The molecule has 0 radical (unpaired) electrons. The lowest BCUT2D eigenvalue weighted by atomic mass is 10.0. The van der Waals surface area contributed by atoms with Crippen LogP contribution in [0.4, 0.5) is 5.69 Å². The first-order valence-electron chi connectivity index (χ1n) is 9.61. The van der Waals surface area contributed by atoms with Crippen molar-refractivity contribution in [2.75, 3.05) is 0 Å². The first-order valence-corrected chi connectivity index (χ1v) is 9.98. The Balaban J connectivity index is 1.67. The molecule has 3 aromatic carbocycles. The molecule has 0 aliphatic carbocycles. The monoisotopic (exact) mass is 450 g/mol. The van der Waals surface area contributed by atoms with Crippen LogP contribution in [-0.2, 0) is 4.79 Å². The number of nitrogens with one attached hydrogen (secondary N) is 2. The number of carbonyl (C=O) groups excluding carboxylic acids is 2. The van der Waals surface area contributed by atoms with Gasteiger partial charge >= 0.3 is 0 Å². The van der Waals surface area contributed by atoms with E-state index < -0.39 is 16.9 Å². The van der Waals surface area contributed by atoms with Crippen molar-refractivity contribution in [3.05, 3.63) is 111 Å². The molecule has 0 saturated heterocycles. The number of rotatable bonds is 8. The number of nitrogens with zero attached hydrogens (tertiary/aromatic N) is 2. The Labute approximate surface area is 189 Å². The fraction of sp³-hybridized carbons (Fsp3) is 0.0870. The van der Waals surface area contributed by atoms with E-state index in [1.165, 1.54) is 24.4 Å². The highest BCUT2D eigenvalue weighted by atomic mass is 35.5. The molecule has 0 spiro atoms. The van der Waals surface area contributed by atoms with Gasteiger partial charge < -0.3 is 5.32 Å². The second-order valence-corrected chi connectivity index (χ2v) is 7.18. The molecule has 3 rings (SSSR count). The number of hydrogen-bond acceptors (Lipinski definition) is 5. The number of amides is 2. The highest BCUT2D eigenvalue weighted by molar-refractivity contribution is 6.32. The molecule has 0 aliphatic rings. The van der Waals surface area contributed by atoms with Crippen LogP contribution in [0.25, 0.3) is 0 Å². The van der Waals surface area contributed by atoms with Crippen LogP contribution in [0.5, 0.6) is 0 Å². The van der Waals surface area contributed by atoms with Crippen LogP contribution in [0.2, 0.25) is 5.02 Å². The molecule has 8 nitrogen and oxygen atoms in total. The zero-order valence-electron chi connectivity index (χ0n) is 16.8. The number of hydrogen-bond donors (Lipinski definition) is 2. The molecule has 0 aliphatic heterocycles. The van der Waals surface area contributed by atoms with E-state index in [2.05, 4.69) is 15.8 Å². The van der Waals surface area contributed by atoms with E-state index in [0.717, 1.165) is 5.56 Å². The van der Waals surface area contributed by atoms with Gasteiger partial charge in [-0.05, 0) is 23.8 Å². The van der Waals surface area contributed by atoms with Crippen LogP contribution in [-0.4, -0.2) is 23.0 Å². The number of nitro groups is 1. The Kier molecular flexibility index (Phi) is 7.66. The Morgan fingerprint density at radius 3 is 2.34 bits per heavy atom. The molecule has 162 valence electrons. The zero-order valence-corrected chi connectivity index (χ0v) is 17.5.